The van der Waals surface area contributed by atoms with Gasteiger partial charge in [-0.15, -0.1) is 11.3 Å². The van der Waals surface area contributed by atoms with Gasteiger partial charge in [0.2, 0.25) is 5.95 Å². The Morgan fingerprint density at radius 2 is 2.00 bits per heavy atom. The Bertz CT molecular complexity index is 1040. The molecular formula is C20H23N7O2S. The number of ether oxygens (including phenoxy) is 1. The molecule has 0 spiro atoms. The molecule has 156 valence electrons. The fraction of sp³-hybridized carbons (Fsp3) is 0.450. The van der Waals surface area contributed by atoms with Crippen molar-refractivity contribution in [3.05, 3.63) is 23.8 Å². The van der Waals surface area contributed by atoms with Gasteiger partial charge in [-0.3, -0.25) is 4.90 Å². The maximum absolute atomic E-state index is 11.9. The molecule has 2 N–H and O–H groups in total. The van der Waals surface area contributed by atoms with E-state index in [2.05, 4.69) is 24.8 Å². The highest BCUT2D eigenvalue weighted by atomic mass is 32.1. The third-order valence-corrected chi connectivity index (χ3v) is 6.59. The first-order valence-electron chi connectivity index (χ1n) is 10.1. The molecule has 3 aromatic rings. The van der Waals surface area contributed by atoms with Crippen LogP contribution in [0.1, 0.15) is 12.8 Å². The molecule has 2 aliphatic heterocycles. The van der Waals surface area contributed by atoms with Crippen molar-refractivity contribution < 1.29 is 9.53 Å². The molecule has 2 unspecified atom stereocenters. The number of likely N-dealkylation sites (tertiary alicyclic amines) is 1. The average molecular weight is 426 g/mol. The molecule has 2 fully saturated rings. The number of nitrogen functional groups attached to an aromatic ring is 1. The molecule has 5 rings (SSSR count). The van der Waals surface area contributed by atoms with Gasteiger partial charge < -0.3 is 20.2 Å². The number of rotatable bonds is 5. The summed E-state index contributed by atoms with van der Waals surface area (Å²) in [5, 5.41) is 2.02. The maximum Gasteiger partial charge on any atom is 0.219 e. The lowest BCUT2D eigenvalue weighted by Gasteiger charge is -2.38. The molecule has 30 heavy (non-hydrogen) atoms. The van der Waals surface area contributed by atoms with Gasteiger partial charge in [0.05, 0.1) is 34.5 Å². The quantitative estimate of drug-likeness (QED) is 0.609. The molecular weight excluding hydrogens is 402 g/mol. The summed E-state index contributed by atoms with van der Waals surface area (Å²) in [6.07, 6.45) is 6.40. The van der Waals surface area contributed by atoms with E-state index in [-0.39, 0.29) is 18.1 Å². The number of hydrogen-bond donors (Lipinski definition) is 1. The third-order valence-electron chi connectivity index (χ3n) is 5.69. The van der Waals surface area contributed by atoms with E-state index in [9.17, 15) is 4.79 Å². The summed E-state index contributed by atoms with van der Waals surface area (Å²) in [6.45, 7) is 3.78. The Morgan fingerprint density at radius 1 is 1.20 bits per heavy atom. The molecule has 9 nitrogen and oxygen atoms in total. The number of thiophene rings is 1. The summed E-state index contributed by atoms with van der Waals surface area (Å²) in [4.78, 5) is 34.0. The molecule has 0 bridgehead atoms. The van der Waals surface area contributed by atoms with Crippen molar-refractivity contribution in [2.75, 3.05) is 43.4 Å². The Kier molecular flexibility index (Phi) is 5.28. The summed E-state index contributed by atoms with van der Waals surface area (Å²) >= 11 is 1.62. The second-order valence-electron chi connectivity index (χ2n) is 7.56. The zero-order chi connectivity index (χ0) is 20.5. The molecule has 0 aromatic carbocycles. The number of carbonyl (C=O) groups excluding carboxylic acids is 1. The second-order valence-corrected chi connectivity index (χ2v) is 8.48. The lowest BCUT2D eigenvalue weighted by Crippen LogP contribution is -2.54. The van der Waals surface area contributed by atoms with E-state index in [4.69, 9.17) is 15.5 Å². The van der Waals surface area contributed by atoms with Gasteiger partial charge in [-0.2, -0.15) is 0 Å². The smallest absolute Gasteiger partial charge is 0.219 e. The predicted molar refractivity (Wildman–Crippen MR) is 115 cm³/mol. The van der Waals surface area contributed by atoms with Crippen LogP contribution in [0.15, 0.2) is 23.8 Å². The van der Waals surface area contributed by atoms with Crippen LogP contribution in [-0.2, 0) is 9.53 Å². The van der Waals surface area contributed by atoms with Crippen LogP contribution in [-0.4, -0.2) is 76.1 Å². The van der Waals surface area contributed by atoms with Crippen LogP contribution < -0.4 is 10.6 Å². The van der Waals surface area contributed by atoms with Gasteiger partial charge in [0.15, 0.2) is 11.6 Å². The largest absolute Gasteiger partial charge is 0.372 e. The van der Waals surface area contributed by atoms with Crippen LogP contribution in [0.5, 0.6) is 0 Å². The topological polar surface area (TPSA) is 110 Å². The molecule has 10 heteroatoms. The minimum Gasteiger partial charge on any atom is -0.372 e. The molecule has 3 aromatic heterocycles. The molecule has 0 aliphatic carbocycles. The summed E-state index contributed by atoms with van der Waals surface area (Å²) in [6, 6.07) is 1.77. The van der Waals surface area contributed by atoms with Crippen molar-refractivity contribution >= 4 is 39.6 Å². The molecule has 2 aliphatic rings. The predicted octanol–water partition coefficient (Wildman–Crippen LogP) is 1.60. The minimum absolute atomic E-state index is 0.178. The average Bonchev–Trinajstić information content (AvgIpc) is 3.47. The molecule has 2 atom stereocenters. The van der Waals surface area contributed by atoms with Crippen molar-refractivity contribution in [2.45, 2.75) is 25.0 Å². The summed E-state index contributed by atoms with van der Waals surface area (Å²) in [5.74, 6) is 1.64. The van der Waals surface area contributed by atoms with Crippen LogP contribution in [0.3, 0.4) is 0 Å². The highest BCUT2D eigenvalue weighted by molar-refractivity contribution is 7.17. The lowest BCUT2D eigenvalue weighted by atomic mass is 10.1. The first-order chi connectivity index (χ1) is 14.7. The fourth-order valence-corrected chi connectivity index (χ4v) is 5.02. The zero-order valence-corrected chi connectivity index (χ0v) is 17.3. The van der Waals surface area contributed by atoms with Crippen LogP contribution in [0, 0.1) is 0 Å². The van der Waals surface area contributed by atoms with Crippen molar-refractivity contribution in [3.63, 3.8) is 0 Å². The number of aromatic nitrogens is 4. The zero-order valence-electron chi connectivity index (χ0n) is 16.5. The van der Waals surface area contributed by atoms with Gasteiger partial charge in [0.25, 0.3) is 0 Å². The molecule has 0 saturated carbocycles. The van der Waals surface area contributed by atoms with Gasteiger partial charge in [0, 0.05) is 25.5 Å². The highest BCUT2D eigenvalue weighted by Gasteiger charge is 2.34. The van der Waals surface area contributed by atoms with E-state index in [0.29, 0.717) is 31.1 Å². The van der Waals surface area contributed by atoms with Gasteiger partial charge >= 0.3 is 0 Å². The van der Waals surface area contributed by atoms with Crippen molar-refractivity contribution in [1.29, 1.82) is 0 Å². The van der Waals surface area contributed by atoms with Crippen LogP contribution in [0.4, 0.5) is 11.8 Å². The first-order valence-corrected chi connectivity index (χ1v) is 11.0. The van der Waals surface area contributed by atoms with Gasteiger partial charge in [-0.1, -0.05) is 0 Å². The number of aldehydes is 1. The van der Waals surface area contributed by atoms with Crippen molar-refractivity contribution in [3.8, 4) is 11.4 Å². The number of nitrogens with zero attached hydrogens (tertiary/aromatic N) is 6. The number of morpholine rings is 1. The Labute approximate surface area is 177 Å². The van der Waals surface area contributed by atoms with E-state index in [1.807, 2.05) is 11.4 Å². The van der Waals surface area contributed by atoms with Gasteiger partial charge in [-0.05, 0) is 37.4 Å². The Morgan fingerprint density at radius 3 is 2.77 bits per heavy atom. The minimum atomic E-state index is -0.221. The fourth-order valence-electron chi connectivity index (χ4n) is 4.17. The number of nitrogens with two attached hydrogens (primary N) is 1. The third kappa shape index (κ3) is 3.62. The lowest BCUT2D eigenvalue weighted by molar-refractivity contribution is -0.118. The maximum atomic E-state index is 11.9. The molecule has 5 heterocycles. The molecule has 0 radical (unpaired) electrons. The van der Waals surface area contributed by atoms with Crippen LogP contribution in [0.25, 0.3) is 21.6 Å². The normalized spacial score (nSPS) is 21.2. The van der Waals surface area contributed by atoms with E-state index < -0.39 is 0 Å². The van der Waals surface area contributed by atoms with Gasteiger partial charge in [-0.25, -0.2) is 19.9 Å². The van der Waals surface area contributed by atoms with Gasteiger partial charge in [0.1, 0.15) is 6.29 Å². The van der Waals surface area contributed by atoms with E-state index in [1.54, 1.807) is 23.7 Å². The van der Waals surface area contributed by atoms with E-state index in [0.717, 1.165) is 48.3 Å². The number of carbonyl (C=O) groups is 1. The number of hydrogen-bond acceptors (Lipinski definition) is 10. The highest BCUT2D eigenvalue weighted by Crippen LogP contribution is 2.32. The summed E-state index contributed by atoms with van der Waals surface area (Å²) in [5.41, 5.74) is 7.21. The Hall–Kier alpha value is -2.69. The monoisotopic (exact) mass is 425 g/mol. The van der Waals surface area contributed by atoms with Crippen molar-refractivity contribution in [2.24, 2.45) is 0 Å². The van der Waals surface area contributed by atoms with E-state index >= 15 is 0 Å². The van der Waals surface area contributed by atoms with Crippen LogP contribution in [0.2, 0.25) is 0 Å². The summed E-state index contributed by atoms with van der Waals surface area (Å²) < 4.78 is 7.06. The number of fused-ring (bicyclic) bond motifs is 1. The number of anilines is 2. The molecule has 2 saturated heterocycles. The Balaban J connectivity index is 1.48. The molecule has 0 amide bonds. The SMILES string of the molecule is Nc1ncc(-c2nc(N3CCOC(C(C=O)N4CCCC4)C3)c3sccc3n2)cn1. The van der Waals surface area contributed by atoms with E-state index in [1.165, 1.54) is 0 Å². The second kappa shape index (κ2) is 8.21. The standard InChI is InChI=1S/C20H23N7O2S/c21-20-22-9-13(10-23-20)18-24-14-3-8-30-17(14)19(25-18)27-6-7-29-16(11-27)15(12-28)26-4-1-2-5-26/h3,8-10,12,15-16H,1-2,4-7,11H2,(H2,21,22,23). The van der Waals surface area contributed by atoms with Crippen molar-refractivity contribution in [1.82, 2.24) is 24.8 Å². The first kappa shape index (κ1) is 19.3. The summed E-state index contributed by atoms with van der Waals surface area (Å²) in [7, 11) is 0. The van der Waals surface area contributed by atoms with Crippen LogP contribution >= 0.6 is 11.3 Å².